The highest BCUT2D eigenvalue weighted by atomic mass is 35.7. The fraction of sp³-hybridized carbons (Fsp3) is 0.167. The van der Waals surface area contributed by atoms with E-state index in [1.807, 2.05) is 0 Å². The number of hydrogen-bond acceptors (Lipinski definition) is 5. The van der Waals surface area contributed by atoms with E-state index >= 15 is 0 Å². The van der Waals surface area contributed by atoms with E-state index in [0.29, 0.717) is 18.0 Å². The van der Waals surface area contributed by atoms with Crippen molar-refractivity contribution in [3.8, 4) is 0 Å². The SMILES string of the molecule is O=C(NCCc1ccc(S(=O)(=O)Cl)s1)c1ccc(Cl)cn1. The maximum atomic E-state index is 11.8. The minimum absolute atomic E-state index is 0.102. The van der Waals surface area contributed by atoms with E-state index in [2.05, 4.69) is 10.3 Å². The van der Waals surface area contributed by atoms with Crippen LogP contribution in [0.3, 0.4) is 0 Å². The monoisotopic (exact) mass is 364 g/mol. The number of hydrogen-bond donors (Lipinski definition) is 1. The van der Waals surface area contributed by atoms with Gasteiger partial charge in [-0.3, -0.25) is 4.79 Å². The van der Waals surface area contributed by atoms with Crippen LogP contribution in [0.25, 0.3) is 0 Å². The number of nitrogens with zero attached hydrogens (tertiary/aromatic N) is 1. The summed E-state index contributed by atoms with van der Waals surface area (Å²) in [6.45, 7) is 0.366. The Labute approximate surface area is 135 Å². The highest BCUT2D eigenvalue weighted by Gasteiger charge is 2.13. The lowest BCUT2D eigenvalue weighted by Crippen LogP contribution is -2.26. The first-order chi connectivity index (χ1) is 9.86. The standard InChI is InChI=1S/C12H10Cl2N2O3S2/c13-8-1-3-10(16-7-8)12(17)15-6-5-9-2-4-11(20-9)21(14,18)19/h1-4,7H,5-6H2,(H,15,17). The predicted molar refractivity (Wildman–Crippen MR) is 82.6 cm³/mol. The number of nitrogens with one attached hydrogen (secondary N) is 1. The minimum Gasteiger partial charge on any atom is -0.350 e. The van der Waals surface area contributed by atoms with E-state index < -0.39 is 9.05 Å². The topological polar surface area (TPSA) is 76.1 Å². The van der Waals surface area contributed by atoms with Crippen molar-refractivity contribution < 1.29 is 13.2 Å². The van der Waals surface area contributed by atoms with Crippen LogP contribution in [0.5, 0.6) is 0 Å². The number of pyridine rings is 1. The molecule has 0 fully saturated rings. The highest BCUT2D eigenvalue weighted by Crippen LogP contribution is 2.24. The zero-order valence-electron chi connectivity index (χ0n) is 10.5. The van der Waals surface area contributed by atoms with E-state index in [1.165, 1.54) is 18.3 Å². The number of carbonyl (C=O) groups is 1. The molecule has 0 atom stereocenters. The lowest BCUT2D eigenvalue weighted by atomic mass is 10.3. The quantitative estimate of drug-likeness (QED) is 0.827. The molecule has 0 spiro atoms. The molecule has 9 heteroatoms. The highest BCUT2D eigenvalue weighted by molar-refractivity contribution is 8.15. The average Bonchev–Trinajstić information content (AvgIpc) is 2.88. The van der Waals surface area contributed by atoms with Gasteiger partial charge in [0.1, 0.15) is 9.90 Å². The average molecular weight is 365 g/mol. The molecule has 0 radical (unpaired) electrons. The molecule has 0 bridgehead atoms. The van der Waals surface area contributed by atoms with Crippen LogP contribution in [-0.4, -0.2) is 25.9 Å². The normalized spacial score (nSPS) is 11.3. The second-order valence-corrected chi connectivity index (χ2v) is 8.42. The molecule has 1 amide bonds. The summed E-state index contributed by atoms with van der Waals surface area (Å²) in [7, 11) is 1.55. The van der Waals surface area contributed by atoms with Gasteiger partial charge in [-0.2, -0.15) is 0 Å². The van der Waals surface area contributed by atoms with Gasteiger partial charge in [0.05, 0.1) is 5.02 Å². The third-order valence-electron chi connectivity index (χ3n) is 2.49. The Balaban J connectivity index is 1.88. The summed E-state index contributed by atoms with van der Waals surface area (Å²) in [6, 6.07) is 6.23. The third kappa shape index (κ3) is 4.67. The van der Waals surface area contributed by atoms with Gasteiger partial charge in [-0.15, -0.1) is 11.3 Å². The molecule has 1 N–H and O–H groups in total. The second kappa shape index (κ2) is 6.74. The molecule has 2 aromatic rings. The molecule has 2 aromatic heterocycles. The Morgan fingerprint density at radius 1 is 1.29 bits per heavy atom. The number of amides is 1. The van der Waals surface area contributed by atoms with E-state index in [0.717, 1.165) is 16.2 Å². The van der Waals surface area contributed by atoms with Gasteiger partial charge in [0.15, 0.2) is 0 Å². The van der Waals surface area contributed by atoms with Crippen molar-refractivity contribution in [3.63, 3.8) is 0 Å². The summed E-state index contributed by atoms with van der Waals surface area (Å²) < 4.78 is 22.4. The molecule has 0 unspecified atom stereocenters. The number of halogens is 2. The molecule has 0 saturated carbocycles. The Morgan fingerprint density at radius 3 is 2.62 bits per heavy atom. The van der Waals surface area contributed by atoms with Crippen LogP contribution in [0.4, 0.5) is 0 Å². The van der Waals surface area contributed by atoms with Crippen LogP contribution in [0.2, 0.25) is 5.02 Å². The molecule has 0 aliphatic rings. The first-order valence-electron chi connectivity index (χ1n) is 5.79. The molecular formula is C12H10Cl2N2O3S2. The summed E-state index contributed by atoms with van der Waals surface area (Å²) in [6.07, 6.45) is 1.91. The van der Waals surface area contributed by atoms with Gasteiger partial charge in [-0.25, -0.2) is 13.4 Å². The van der Waals surface area contributed by atoms with Crippen molar-refractivity contribution in [2.75, 3.05) is 6.54 Å². The van der Waals surface area contributed by atoms with Gasteiger partial charge in [0.2, 0.25) is 0 Å². The lowest BCUT2D eigenvalue weighted by molar-refractivity contribution is 0.0949. The Morgan fingerprint density at radius 2 is 2.05 bits per heavy atom. The number of rotatable bonds is 5. The van der Waals surface area contributed by atoms with Crippen molar-refractivity contribution in [3.05, 3.63) is 46.1 Å². The zero-order chi connectivity index (χ0) is 15.5. The van der Waals surface area contributed by atoms with E-state index in [-0.39, 0.29) is 15.8 Å². The zero-order valence-corrected chi connectivity index (χ0v) is 13.7. The largest absolute Gasteiger partial charge is 0.350 e. The molecule has 0 saturated heterocycles. The summed E-state index contributed by atoms with van der Waals surface area (Å²) in [5, 5.41) is 3.15. The number of aromatic nitrogens is 1. The molecule has 112 valence electrons. The lowest BCUT2D eigenvalue weighted by Gasteiger charge is -2.03. The van der Waals surface area contributed by atoms with Crippen molar-refractivity contribution in [2.24, 2.45) is 0 Å². The van der Waals surface area contributed by atoms with Crippen LogP contribution in [0, 0.1) is 0 Å². The van der Waals surface area contributed by atoms with Gasteiger partial charge in [0, 0.05) is 28.3 Å². The van der Waals surface area contributed by atoms with Crippen LogP contribution >= 0.6 is 33.6 Å². The minimum atomic E-state index is -3.69. The summed E-state index contributed by atoms with van der Waals surface area (Å²) in [5.41, 5.74) is 0.273. The van der Waals surface area contributed by atoms with E-state index in [4.69, 9.17) is 22.3 Å². The van der Waals surface area contributed by atoms with E-state index in [1.54, 1.807) is 12.1 Å². The van der Waals surface area contributed by atoms with Gasteiger partial charge in [-0.05, 0) is 30.7 Å². The van der Waals surface area contributed by atoms with Gasteiger partial charge >= 0.3 is 0 Å². The molecule has 0 aliphatic heterocycles. The van der Waals surface area contributed by atoms with Crippen molar-refractivity contribution in [1.82, 2.24) is 10.3 Å². The predicted octanol–water partition coefficient (Wildman–Crippen LogP) is 2.70. The molecule has 0 aliphatic carbocycles. The maximum absolute atomic E-state index is 11.8. The van der Waals surface area contributed by atoms with Gasteiger partial charge in [0.25, 0.3) is 15.0 Å². The first kappa shape index (κ1) is 16.2. The summed E-state index contributed by atoms with van der Waals surface area (Å²) in [5.74, 6) is -0.312. The van der Waals surface area contributed by atoms with E-state index in [9.17, 15) is 13.2 Å². The Bertz CT molecular complexity index is 742. The van der Waals surface area contributed by atoms with Gasteiger partial charge in [-0.1, -0.05) is 11.6 Å². The smallest absolute Gasteiger partial charge is 0.270 e. The Hall–Kier alpha value is -1.15. The van der Waals surface area contributed by atoms with Gasteiger partial charge < -0.3 is 5.32 Å². The first-order valence-corrected chi connectivity index (χ1v) is 9.30. The molecule has 21 heavy (non-hydrogen) atoms. The number of thiophene rings is 1. The Kier molecular flexibility index (Phi) is 5.21. The van der Waals surface area contributed by atoms with Crippen LogP contribution < -0.4 is 5.32 Å². The molecule has 0 aromatic carbocycles. The van der Waals surface area contributed by atoms with Crippen LogP contribution in [-0.2, 0) is 15.5 Å². The van der Waals surface area contributed by atoms with Crippen molar-refractivity contribution in [1.29, 1.82) is 0 Å². The molecule has 2 rings (SSSR count). The molecular weight excluding hydrogens is 355 g/mol. The molecule has 5 nitrogen and oxygen atoms in total. The fourth-order valence-electron chi connectivity index (χ4n) is 1.52. The number of carbonyl (C=O) groups excluding carboxylic acids is 1. The fourth-order valence-corrected chi connectivity index (χ4v) is 3.76. The van der Waals surface area contributed by atoms with Crippen molar-refractivity contribution in [2.45, 2.75) is 10.6 Å². The summed E-state index contributed by atoms with van der Waals surface area (Å²) in [4.78, 5) is 16.5. The van der Waals surface area contributed by atoms with Crippen molar-refractivity contribution >= 4 is 48.6 Å². The third-order valence-corrected chi connectivity index (χ3v) is 5.96. The van der Waals surface area contributed by atoms with Crippen LogP contribution in [0.15, 0.2) is 34.7 Å². The second-order valence-electron chi connectivity index (χ2n) is 4.03. The van der Waals surface area contributed by atoms with Crippen LogP contribution in [0.1, 0.15) is 15.4 Å². The maximum Gasteiger partial charge on any atom is 0.270 e. The summed E-state index contributed by atoms with van der Waals surface area (Å²) >= 11 is 6.77. The molecule has 2 heterocycles.